The first-order valence-electron chi connectivity index (χ1n) is 7.12. The lowest BCUT2D eigenvalue weighted by Crippen LogP contribution is -2.21. The molecule has 0 amide bonds. The van der Waals surface area contributed by atoms with Gasteiger partial charge in [-0.25, -0.2) is 4.39 Å². The molecule has 22 heavy (non-hydrogen) atoms. The van der Waals surface area contributed by atoms with Gasteiger partial charge >= 0.3 is 0 Å². The Balaban J connectivity index is 2.22. The minimum Gasteiger partial charge on any atom is -0.507 e. The Labute approximate surface area is 134 Å². The largest absolute Gasteiger partial charge is 0.507 e. The van der Waals surface area contributed by atoms with Gasteiger partial charge in [0.1, 0.15) is 11.6 Å². The van der Waals surface area contributed by atoms with E-state index in [1.54, 1.807) is 12.1 Å². The molecule has 3 nitrogen and oxygen atoms in total. The Morgan fingerprint density at radius 3 is 2.50 bits per heavy atom. The predicted octanol–water partition coefficient (Wildman–Crippen LogP) is 4.78. The summed E-state index contributed by atoms with van der Waals surface area (Å²) in [5.41, 5.74) is 2.08. The van der Waals surface area contributed by atoms with Gasteiger partial charge in [0.05, 0.1) is 10.7 Å². The lowest BCUT2D eigenvalue weighted by molar-refractivity contribution is 0.474. The fourth-order valence-electron chi connectivity index (χ4n) is 2.14. The molecule has 116 valence electrons. The molecule has 0 spiro atoms. The van der Waals surface area contributed by atoms with Crippen LogP contribution in [0, 0.1) is 5.82 Å². The summed E-state index contributed by atoms with van der Waals surface area (Å²) in [6.45, 7) is 5.87. The lowest BCUT2D eigenvalue weighted by atomic mass is 10.2. The molecule has 0 aliphatic carbocycles. The molecule has 2 rings (SSSR count). The van der Waals surface area contributed by atoms with Crippen molar-refractivity contribution >= 4 is 29.2 Å². The van der Waals surface area contributed by atoms with E-state index < -0.39 is 5.82 Å². The Kier molecular flexibility index (Phi) is 5.39. The van der Waals surface area contributed by atoms with Gasteiger partial charge in [-0.05, 0) is 44.2 Å². The third-order valence-corrected chi connectivity index (χ3v) is 3.69. The fourth-order valence-corrected chi connectivity index (χ4v) is 2.31. The molecule has 0 fully saturated rings. The number of phenols is 1. The number of benzene rings is 2. The molecule has 2 aromatic rings. The Bertz CT molecular complexity index is 684. The second-order valence-electron chi connectivity index (χ2n) is 4.77. The van der Waals surface area contributed by atoms with Crippen molar-refractivity contribution in [3.63, 3.8) is 0 Å². The van der Waals surface area contributed by atoms with Crippen LogP contribution in [0.25, 0.3) is 0 Å². The number of rotatable bonds is 5. The quantitative estimate of drug-likeness (QED) is 0.805. The average Bonchev–Trinajstić information content (AvgIpc) is 2.51. The first kappa shape index (κ1) is 16.3. The van der Waals surface area contributed by atoms with Gasteiger partial charge in [0, 0.05) is 36.6 Å². The zero-order valence-corrected chi connectivity index (χ0v) is 13.3. The van der Waals surface area contributed by atoms with Crippen LogP contribution in [0.3, 0.4) is 0 Å². The smallest absolute Gasteiger partial charge is 0.141 e. The number of anilines is 1. The van der Waals surface area contributed by atoms with Crippen LogP contribution >= 0.6 is 11.6 Å². The van der Waals surface area contributed by atoms with Crippen molar-refractivity contribution in [2.45, 2.75) is 13.8 Å². The summed E-state index contributed by atoms with van der Waals surface area (Å²) in [6.07, 6.45) is 1.53. The molecule has 5 heteroatoms. The van der Waals surface area contributed by atoms with Crippen molar-refractivity contribution in [2.75, 3.05) is 18.0 Å². The van der Waals surface area contributed by atoms with Gasteiger partial charge in [-0.3, -0.25) is 4.99 Å². The van der Waals surface area contributed by atoms with Gasteiger partial charge in [0.2, 0.25) is 0 Å². The van der Waals surface area contributed by atoms with E-state index in [0.717, 1.165) is 18.8 Å². The third-order valence-electron chi connectivity index (χ3n) is 3.40. The number of hydrogen-bond donors (Lipinski definition) is 1. The zero-order chi connectivity index (χ0) is 16.1. The molecular formula is C17H18ClFN2O. The Morgan fingerprint density at radius 2 is 1.91 bits per heavy atom. The minimum atomic E-state index is -0.480. The number of phenolic OH excluding ortho intramolecular Hbond substituents is 1. The van der Waals surface area contributed by atoms with E-state index >= 15 is 0 Å². The van der Waals surface area contributed by atoms with Crippen LogP contribution < -0.4 is 4.90 Å². The monoisotopic (exact) mass is 320 g/mol. The molecule has 0 unspecified atom stereocenters. The van der Waals surface area contributed by atoms with Gasteiger partial charge in [0.25, 0.3) is 0 Å². The van der Waals surface area contributed by atoms with Gasteiger partial charge in [0.15, 0.2) is 0 Å². The average molecular weight is 321 g/mol. The maximum Gasteiger partial charge on any atom is 0.141 e. The molecule has 0 aliphatic rings. The van der Waals surface area contributed by atoms with E-state index in [4.69, 9.17) is 11.6 Å². The molecule has 0 aromatic heterocycles. The summed E-state index contributed by atoms with van der Waals surface area (Å²) in [5, 5.41) is 10.1. The number of halogens is 2. The van der Waals surface area contributed by atoms with E-state index in [-0.39, 0.29) is 10.8 Å². The first-order valence-corrected chi connectivity index (χ1v) is 7.50. The molecule has 0 saturated heterocycles. The van der Waals surface area contributed by atoms with Gasteiger partial charge < -0.3 is 10.0 Å². The van der Waals surface area contributed by atoms with Gasteiger partial charge in [-0.1, -0.05) is 11.6 Å². The lowest BCUT2D eigenvalue weighted by Gasteiger charge is -2.21. The summed E-state index contributed by atoms with van der Waals surface area (Å²) in [4.78, 5) is 6.34. The maximum absolute atomic E-state index is 13.1. The van der Waals surface area contributed by atoms with Crippen molar-refractivity contribution in [3.8, 4) is 5.75 Å². The van der Waals surface area contributed by atoms with E-state index in [0.29, 0.717) is 11.3 Å². The highest BCUT2D eigenvalue weighted by Gasteiger charge is 2.06. The molecule has 0 saturated carbocycles. The third kappa shape index (κ3) is 3.77. The minimum absolute atomic E-state index is 0.0238. The second kappa shape index (κ2) is 7.27. The summed E-state index contributed by atoms with van der Waals surface area (Å²) < 4.78 is 13.1. The van der Waals surface area contributed by atoms with Crippen LogP contribution in [-0.4, -0.2) is 24.4 Å². The topological polar surface area (TPSA) is 35.8 Å². The van der Waals surface area contributed by atoms with Crippen LogP contribution in [0.15, 0.2) is 41.4 Å². The van der Waals surface area contributed by atoms with Crippen LogP contribution in [0.5, 0.6) is 5.75 Å². The number of aromatic hydroxyl groups is 1. The van der Waals surface area contributed by atoms with E-state index in [2.05, 4.69) is 23.7 Å². The fraction of sp³-hybridized carbons (Fsp3) is 0.235. The van der Waals surface area contributed by atoms with E-state index in [1.807, 2.05) is 6.07 Å². The highest BCUT2D eigenvalue weighted by Crippen LogP contribution is 2.25. The van der Waals surface area contributed by atoms with Crippen LogP contribution in [0.4, 0.5) is 15.8 Å². The van der Waals surface area contributed by atoms with E-state index in [1.165, 1.54) is 24.4 Å². The SMILES string of the molecule is CCN(CC)c1ccc(C=Nc2ccc(F)c(Cl)c2)c(O)c1. The van der Waals surface area contributed by atoms with Crippen molar-refractivity contribution in [1.82, 2.24) is 0 Å². The normalized spacial score (nSPS) is 11.1. The standard InChI is InChI=1S/C17H18ClFN2O/c1-3-21(4-2)14-7-5-12(17(22)10-14)11-20-13-6-8-16(19)15(18)9-13/h5-11,22H,3-4H2,1-2H3. The summed E-state index contributed by atoms with van der Waals surface area (Å²) >= 11 is 5.71. The summed E-state index contributed by atoms with van der Waals surface area (Å²) in [6, 6.07) is 9.68. The van der Waals surface area contributed by atoms with Crippen molar-refractivity contribution in [1.29, 1.82) is 0 Å². The summed E-state index contributed by atoms with van der Waals surface area (Å²) in [7, 11) is 0. The molecule has 0 heterocycles. The van der Waals surface area contributed by atoms with E-state index in [9.17, 15) is 9.50 Å². The zero-order valence-electron chi connectivity index (χ0n) is 12.6. The van der Waals surface area contributed by atoms with Crippen molar-refractivity contribution in [3.05, 3.63) is 52.8 Å². The predicted molar refractivity (Wildman–Crippen MR) is 90.3 cm³/mol. The number of hydrogen-bond acceptors (Lipinski definition) is 3. The molecule has 1 N–H and O–H groups in total. The highest BCUT2D eigenvalue weighted by molar-refractivity contribution is 6.31. The van der Waals surface area contributed by atoms with Gasteiger partial charge in [-0.15, -0.1) is 0 Å². The molecule has 0 atom stereocenters. The van der Waals surface area contributed by atoms with Crippen LogP contribution in [0.2, 0.25) is 5.02 Å². The second-order valence-corrected chi connectivity index (χ2v) is 5.18. The molecule has 0 aliphatic heterocycles. The van der Waals surface area contributed by atoms with Crippen LogP contribution in [-0.2, 0) is 0 Å². The Morgan fingerprint density at radius 1 is 1.18 bits per heavy atom. The highest BCUT2D eigenvalue weighted by atomic mass is 35.5. The first-order chi connectivity index (χ1) is 10.5. The molecule has 2 aromatic carbocycles. The molecule has 0 bridgehead atoms. The van der Waals surface area contributed by atoms with Crippen molar-refractivity contribution < 1.29 is 9.50 Å². The molecule has 0 radical (unpaired) electrons. The van der Waals surface area contributed by atoms with Crippen LogP contribution in [0.1, 0.15) is 19.4 Å². The summed E-state index contributed by atoms with van der Waals surface area (Å²) in [5.74, 6) is -0.326. The Hall–Kier alpha value is -2.07. The number of aliphatic imine (C=N–C) groups is 1. The van der Waals surface area contributed by atoms with Gasteiger partial charge in [-0.2, -0.15) is 0 Å². The molecular weight excluding hydrogens is 303 g/mol. The number of nitrogens with zero attached hydrogens (tertiary/aromatic N) is 2. The maximum atomic E-state index is 13.1. The van der Waals surface area contributed by atoms with Crippen molar-refractivity contribution in [2.24, 2.45) is 4.99 Å².